The number of methoxy groups -OCH3 is 1. The van der Waals surface area contributed by atoms with Crippen LogP contribution in [-0.2, 0) is 4.79 Å². The molecule has 0 heterocycles. The number of hydrogen-bond donors (Lipinski definition) is 1. The molecule has 18 heavy (non-hydrogen) atoms. The molecule has 4 nitrogen and oxygen atoms in total. The minimum absolute atomic E-state index is 0.0886. The fraction of sp³-hybridized carbons (Fsp3) is 0.357. The molecule has 0 aliphatic carbocycles. The van der Waals surface area contributed by atoms with E-state index in [0.717, 1.165) is 11.3 Å². The highest BCUT2D eigenvalue weighted by molar-refractivity contribution is 5.91. The third-order valence-electron chi connectivity index (χ3n) is 2.57. The second-order valence-corrected chi connectivity index (χ2v) is 3.91. The van der Waals surface area contributed by atoms with Crippen molar-refractivity contribution in [2.24, 2.45) is 0 Å². The fourth-order valence-electron chi connectivity index (χ4n) is 1.51. The van der Waals surface area contributed by atoms with Crippen molar-refractivity contribution >= 4 is 12.0 Å². The van der Waals surface area contributed by atoms with E-state index < -0.39 is 0 Å². The zero-order valence-corrected chi connectivity index (χ0v) is 10.8. The van der Waals surface area contributed by atoms with E-state index in [1.807, 2.05) is 24.3 Å². The monoisotopic (exact) mass is 249 g/mol. The van der Waals surface area contributed by atoms with Gasteiger partial charge in [-0.15, -0.1) is 0 Å². The molecule has 1 amide bonds. The first kappa shape index (κ1) is 14.3. The van der Waals surface area contributed by atoms with E-state index >= 15 is 0 Å². The second kappa shape index (κ2) is 7.50. The number of para-hydroxylation sites is 1. The van der Waals surface area contributed by atoms with E-state index in [-0.39, 0.29) is 12.5 Å². The van der Waals surface area contributed by atoms with Crippen LogP contribution in [0.2, 0.25) is 0 Å². The highest BCUT2D eigenvalue weighted by atomic mass is 16.5. The highest BCUT2D eigenvalue weighted by Gasteiger charge is 2.04. The molecule has 0 atom stereocenters. The zero-order chi connectivity index (χ0) is 13.4. The van der Waals surface area contributed by atoms with Crippen molar-refractivity contribution in [1.29, 1.82) is 0 Å². The third kappa shape index (κ3) is 4.22. The molecule has 0 saturated heterocycles. The Morgan fingerprint density at radius 2 is 2.17 bits per heavy atom. The molecule has 0 radical (unpaired) electrons. The molecule has 0 fully saturated rings. The maximum absolute atomic E-state index is 11.7. The lowest BCUT2D eigenvalue weighted by Crippen LogP contribution is -2.26. The van der Waals surface area contributed by atoms with Crippen LogP contribution < -0.4 is 4.74 Å². The molecule has 1 aromatic carbocycles. The Labute approximate surface area is 107 Å². The number of likely N-dealkylation sites (N-methyl/N-ethyl adjacent to an activating group) is 1. The van der Waals surface area contributed by atoms with Crippen LogP contribution in [0.1, 0.15) is 12.0 Å². The van der Waals surface area contributed by atoms with Crippen LogP contribution >= 0.6 is 0 Å². The molecule has 0 aliphatic heterocycles. The van der Waals surface area contributed by atoms with Gasteiger partial charge in [-0.25, -0.2) is 0 Å². The Balaban J connectivity index is 2.65. The Morgan fingerprint density at radius 3 is 2.83 bits per heavy atom. The molecule has 1 N–H and O–H groups in total. The third-order valence-corrected chi connectivity index (χ3v) is 2.57. The summed E-state index contributed by atoms with van der Waals surface area (Å²) in [7, 11) is 3.31. The predicted molar refractivity (Wildman–Crippen MR) is 71.4 cm³/mol. The fourth-order valence-corrected chi connectivity index (χ4v) is 1.51. The molecule has 0 bridgehead atoms. The number of amides is 1. The lowest BCUT2D eigenvalue weighted by Gasteiger charge is -2.13. The first-order valence-corrected chi connectivity index (χ1v) is 5.86. The molecule has 1 rings (SSSR count). The number of aliphatic hydroxyl groups excluding tert-OH is 1. The first-order chi connectivity index (χ1) is 8.69. The van der Waals surface area contributed by atoms with E-state index in [9.17, 15) is 4.79 Å². The SMILES string of the molecule is COc1ccccc1C=CC(=O)N(C)CCCO. The van der Waals surface area contributed by atoms with Gasteiger partial charge < -0.3 is 14.7 Å². The molecule has 98 valence electrons. The second-order valence-electron chi connectivity index (χ2n) is 3.91. The summed E-state index contributed by atoms with van der Waals surface area (Å²) in [5.41, 5.74) is 0.865. The normalized spacial score (nSPS) is 10.6. The van der Waals surface area contributed by atoms with E-state index in [0.29, 0.717) is 13.0 Å². The van der Waals surface area contributed by atoms with Crippen molar-refractivity contribution < 1.29 is 14.6 Å². The lowest BCUT2D eigenvalue weighted by atomic mass is 10.2. The van der Waals surface area contributed by atoms with Crippen LogP contribution in [0.15, 0.2) is 30.3 Å². The van der Waals surface area contributed by atoms with E-state index in [4.69, 9.17) is 9.84 Å². The van der Waals surface area contributed by atoms with Crippen molar-refractivity contribution in [1.82, 2.24) is 4.90 Å². The topological polar surface area (TPSA) is 49.8 Å². The Morgan fingerprint density at radius 1 is 1.44 bits per heavy atom. The molecular formula is C14H19NO3. The molecule has 4 heteroatoms. The summed E-state index contributed by atoms with van der Waals surface area (Å²) in [5.74, 6) is 0.647. The van der Waals surface area contributed by atoms with Gasteiger partial charge in [-0.1, -0.05) is 18.2 Å². The molecule has 1 aromatic rings. The summed E-state index contributed by atoms with van der Waals surface area (Å²) in [4.78, 5) is 13.3. The van der Waals surface area contributed by atoms with Crippen molar-refractivity contribution in [3.63, 3.8) is 0 Å². The highest BCUT2D eigenvalue weighted by Crippen LogP contribution is 2.18. The quantitative estimate of drug-likeness (QED) is 0.778. The van der Waals surface area contributed by atoms with Crippen LogP contribution in [0.5, 0.6) is 5.75 Å². The van der Waals surface area contributed by atoms with Crippen molar-refractivity contribution in [3.8, 4) is 5.75 Å². The molecule has 0 saturated carbocycles. The number of carbonyl (C=O) groups excluding carboxylic acids is 1. The van der Waals surface area contributed by atoms with Crippen molar-refractivity contribution in [2.75, 3.05) is 27.3 Å². The number of hydrogen-bond acceptors (Lipinski definition) is 3. The maximum Gasteiger partial charge on any atom is 0.246 e. The van der Waals surface area contributed by atoms with Crippen LogP contribution in [0.25, 0.3) is 6.08 Å². The number of nitrogens with zero attached hydrogens (tertiary/aromatic N) is 1. The van der Waals surface area contributed by atoms with Crippen LogP contribution in [0, 0.1) is 0 Å². The molecular weight excluding hydrogens is 230 g/mol. The Bertz CT molecular complexity index is 415. The number of ether oxygens (including phenoxy) is 1. The average molecular weight is 249 g/mol. The predicted octanol–water partition coefficient (Wildman–Crippen LogP) is 1.55. The van der Waals surface area contributed by atoms with Gasteiger partial charge >= 0.3 is 0 Å². The van der Waals surface area contributed by atoms with E-state index in [1.165, 1.54) is 6.08 Å². The molecule has 0 unspecified atom stereocenters. The van der Waals surface area contributed by atoms with Crippen LogP contribution in [0.4, 0.5) is 0 Å². The molecule has 0 aliphatic rings. The average Bonchev–Trinajstić information content (AvgIpc) is 2.42. The summed E-state index contributed by atoms with van der Waals surface area (Å²) in [6.07, 6.45) is 3.83. The van der Waals surface area contributed by atoms with Crippen molar-refractivity contribution in [3.05, 3.63) is 35.9 Å². The number of rotatable bonds is 6. The minimum atomic E-state index is -0.0886. The van der Waals surface area contributed by atoms with Gasteiger partial charge in [0, 0.05) is 31.8 Å². The van der Waals surface area contributed by atoms with E-state index in [2.05, 4.69) is 0 Å². The minimum Gasteiger partial charge on any atom is -0.496 e. The van der Waals surface area contributed by atoms with Crippen LogP contribution in [-0.4, -0.2) is 43.2 Å². The van der Waals surface area contributed by atoms with Gasteiger partial charge in [0.05, 0.1) is 7.11 Å². The van der Waals surface area contributed by atoms with Crippen LogP contribution in [0.3, 0.4) is 0 Å². The number of aliphatic hydroxyl groups is 1. The summed E-state index contributed by atoms with van der Waals surface area (Å²) in [6.45, 7) is 0.638. The van der Waals surface area contributed by atoms with Gasteiger partial charge in [-0.3, -0.25) is 4.79 Å². The Hall–Kier alpha value is -1.81. The summed E-state index contributed by atoms with van der Waals surface area (Å²) in [5, 5.41) is 8.70. The Kier molecular flexibility index (Phi) is 5.94. The first-order valence-electron chi connectivity index (χ1n) is 5.86. The van der Waals surface area contributed by atoms with Gasteiger partial charge in [0.25, 0.3) is 0 Å². The number of benzene rings is 1. The summed E-state index contributed by atoms with van der Waals surface area (Å²) in [6, 6.07) is 7.50. The van der Waals surface area contributed by atoms with Gasteiger partial charge in [0.1, 0.15) is 5.75 Å². The van der Waals surface area contributed by atoms with Gasteiger partial charge in [0.2, 0.25) is 5.91 Å². The van der Waals surface area contributed by atoms with Gasteiger partial charge in [-0.05, 0) is 18.6 Å². The number of carbonyl (C=O) groups is 1. The standard InChI is InChI=1S/C14H19NO3/c1-15(10-5-11-16)14(17)9-8-12-6-3-4-7-13(12)18-2/h3-4,6-9,16H,5,10-11H2,1-2H3. The molecule has 0 aromatic heterocycles. The van der Waals surface area contributed by atoms with Crippen molar-refractivity contribution in [2.45, 2.75) is 6.42 Å². The van der Waals surface area contributed by atoms with Gasteiger partial charge in [0.15, 0.2) is 0 Å². The smallest absolute Gasteiger partial charge is 0.246 e. The maximum atomic E-state index is 11.7. The zero-order valence-electron chi connectivity index (χ0n) is 10.8. The van der Waals surface area contributed by atoms with E-state index in [1.54, 1.807) is 25.1 Å². The lowest BCUT2D eigenvalue weighted by molar-refractivity contribution is -0.124. The summed E-state index contributed by atoms with van der Waals surface area (Å²) < 4.78 is 5.19. The largest absolute Gasteiger partial charge is 0.496 e. The van der Waals surface area contributed by atoms with Gasteiger partial charge in [-0.2, -0.15) is 0 Å². The summed E-state index contributed by atoms with van der Waals surface area (Å²) >= 11 is 0. The molecule has 0 spiro atoms.